The first-order valence-corrected chi connectivity index (χ1v) is 6.18. The first-order valence-electron chi connectivity index (χ1n) is 5.80. The van der Waals surface area contributed by atoms with Gasteiger partial charge in [-0.25, -0.2) is 9.18 Å². The number of halogens is 2. The van der Waals surface area contributed by atoms with Crippen LogP contribution in [-0.2, 0) is 9.53 Å². The maximum atomic E-state index is 13.0. The smallest absolute Gasteiger partial charge is 0.319 e. The molecule has 2 amide bonds. The van der Waals surface area contributed by atoms with E-state index in [1.807, 2.05) is 0 Å². The van der Waals surface area contributed by atoms with Gasteiger partial charge in [0.1, 0.15) is 11.7 Å². The van der Waals surface area contributed by atoms with Gasteiger partial charge in [-0.1, -0.05) is 11.6 Å². The van der Waals surface area contributed by atoms with E-state index in [9.17, 15) is 14.0 Å². The summed E-state index contributed by atoms with van der Waals surface area (Å²) < 4.78 is 18.1. The number of carbonyl (C=O) groups excluding carboxylic acids is 1. The fourth-order valence-corrected chi connectivity index (χ4v) is 2.02. The Morgan fingerprint density at radius 1 is 1.40 bits per heavy atom. The van der Waals surface area contributed by atoms with E-state index in [4.69, 9.17) is 21.4 Å². The van der Waals surface area contributed by atoms with E-state index < -0.39 is 29.8 Å². The Labute approximate surface area is 118 Å². The topological polar surface area (TPSA) is 87.7 Å². The molecular formula is C12H12ClFN2O4. The van der Waals surface area contributed by atoms with Crippen molar-refractivity contribution in [2.45, 2.75) is 6.04 Å². The van der Waals surface area contributed by atoms with Gasteiger partial charge in [-0.15, -0.1) is 0 Å². The molecule has 20 heavy (non-hydrogen) atoms. The van der Waals surface area contributed by atoms with Crippen molar-refractivity contribution in [3.63, 3.8) is 0 Å². The largest absolute Gasteiger partial charge is 0.481 e. The minimum atomic E-state index is -1.04. The molecular weight excluding hydrogens is 291 g/mol. The molecule has 2 atom stereocenters. The molecule has 0 bridgehead atoms. The highest BCUT2D eigenvalue weighted by Crippen LogP contribution is 2.22. The van der Waals surface area contributed by atoms with Gasteiger partial charge in [-0.2, -0.15) is 0 Å². The van der Waals surface area contributed by atoms with E-state index in [0.717, 1.165) is 12.1 Å². The summed E-state index contributed by atoms with van der Waals surface area (Å²) in [5, 5.41) is 14.0. The summed E-state index contributed by atoms with van der Waals surface area (Å²) in [5.74, 6) is -2.39. The maximum absolute atomic E-state index is 13.0. The number of amides is 2. The first kappa shape index (κ1) is 14.5. The molecule has 0 radical (unpaired) electrons. The highest BCUT2D eigenvalue weighted by Gasteiger charge is 2.35. The fourth-order valence-electron chi connectivity index (χ4n) is 1.86. The molecule has 2 rings (SSSR count). The van der Waals surface area contributed by atoms with Crippen LogP contribution in [0, 0.1) is 11.7 Å². The van der Waals surface area contributed by atoms with E-state index in [1.54, 1.807) is 0 Å². The van der Waals surface area contributed by atoms with Gasteiger partial charge in [-0.3, -0.25) is 4.79 Å². The molecule has 1 saturated heterocycles. The molecule has 1 heterocycles. The molecule has 108 valence electrons. The number of carboxylic acids is 1. The summed E-state index contributed by atoms with van der Waals surface area (Å²) in [4.78, 5) is 22.7. The van der Waals surface area contributed by atoms with Gasteiger partial charge in [0.25, 0.3) is 0 Å². The monoisotopic (exact) mass is 302 g/mol. The van der Waals surface area contributed by atoms with Gasteiger partial charge in [0.05, 0.1) is 30.0 Å². The molecule has 0 aromatic heterocycles. The molecule has 1 aliphatic rings. The molecule has 1 aromatic carbocycles. The second kappa shape index (κ2) is 6.06. The van der Waals surface area contributed by atoms with Crippen molar-refractivity contribution in [3.8, 4) is 0 Å². The summed E-state index contributed by atoms with van der Waals surface area (Å²) in [6.07, 6.45) is 0. The number of carboxylic acid groups (broad SMARTS) is 1. The van der Waals surface area contributed by atoms with E-state index in [-0.39, 0.29) is 23.9 Å². The third-order valence-corrected chi connectivity index (χ3v) is 3.22. The number of benzene rings is 1. The number of carbonyl (C=O) groups is 2. The number of urea groups is 1. The van der Waals surface area contributed by atoms with Crippen LogP contribution in [0.5, 0.6) is 0 Å². The Morgan fingerprint density at radius 3 is 2.85 bits per heavy atom. The molecule has 1 aromatic rings. The van der Waals surface area contributed by atoms with Crippen molar-refractivity contribution in [1.82, 2.24) is 5.32 Å². The third-order valence-electron chi connectivity index (χ3n) is 2.89. The Hall–Kier alpha value is -1.86. The summed E-state index contributed by atoms with van der Waals surface area (Å²) in [5.41, 5.74) is 0.106. The number of hydrogen-bond acceptors (Lipinski definition) is 3. The molecule has 3 N–H and O–H groups in total. The third kappa shape index (κ3) is 3.37. The quantitative estimate of drug-likeness (QED) is 0.793. The lowest BCUT2D eigenvalue weighted by Gasteiger charge is -2.16. The predicted molar refractivity (Wildman–Crippen MR) is 69.3 cm³/mol. The Bertz CT molecular complexity index is 540. The van der Waals surface area contributed by atoms with Gasteiger partial charge in [0, 0.05) is 0 Å². The summed E-state index contributed by atoms with van der Waals surface area (Å²) >= 11 is 5.81. The van der Waals surface area contributed by atoms with E-state index in [0.29, 0.717) is 0 Å². The predicted octanol–water partition coefficient (Wildman–Crippen LogP) is 1.70. The standard InChI is InChI=1S/C12H12ClFN2O4/c13-8-2-1-6(14)3-9(8)15-12(19)16-10-5-20-4-7(10)11(17)18/h1-3,7,10H,4-5H2,(H,17,18)(H2,15,16,19). The molecule has 0 aliphatic carbocycles. The molecule has 8 heteroatoms. The zero-order chi connectivity index (χ0) is 14.7. The normalized spacial score (nSPS) is 21.5. The van der Waals surface area contributed by atoms with Crippen LogP contribution in [0.3, 0.4) is 0 Å². The number of ether oxygens (including phenoxy) is 1. The van der Waals surface area contributed by atoms with Crippen LogP contribution in [0.15, 0.2) is 18.2 Å². The first-order chi connectivity index (χ1) is 9.47. The SMILES string of the molecule is O=C(Nc1cc(F)ccc1Cl)NC1COCC1C(=O)O. The molecule has 2 unspecified atom stereocenters. The lowest BCUT2D eigenvalue weighted by molar-refractivity contribution is -0.142. The van der Waals surface area contributed by atoms with Crippen LogP contribution in [0.2, 0.25) is 5.02 Å². The van der Waals surface area contributed by atoms with Gasteiger partial charge in [-0.05, 0) is 18.2 Å². The Balaban J connectivity index is 1.99. The van der Waals surface area contributed by atoms with Gasteiger partial charge in [0.15, 0.2) is 0 Å². The molecule has 1 aliphatic heterocycles. The van der Waals surface area contributed by atoms with Crippen LogP contribution in [0.1, 0.15) is 0 Å². The molecule has 1 fully saturated rings. The Kier molecular flexibility index (Phi) is 4.41. The highest BCUT2D eigenvalue weighted by molar-refractivity contribution is 6.33. The summed E-state index contributed by atoms with van der Waals surface area (Å²) in [6.45, 7) is 0.155. The minimum absolute atomic E-state index is 0.0427. The minimum Gasteiger partial charge on any atom is -0.481 e. The van der Waals surface area contributed by atoms with E-state index in [1.165, 1.54) is 6.07 Å². The maximum Gasteiger partial charge on any atom is 0.319 e. The number of anilines is 1. The van der Waals surface area contributed by atoms with Gasteiger partial charge in [0.2, 0.25) is 0 Å². The van der Waals surface area contributed by atoms with Crippen molar-refractivity contribution in [1.29, 1.82) is 0 Å². The van der Waals surface area contributed by atoms with Crippen LogP contribution in [0.4, 0.5) is 14.9 Å². The summed E-state index contributed by atoms with van der Waals surface area (Å²) in [7, 11) is 0. The van der Waals surface area contributed by atoms with Crippen LogP contribution >= 0.6 is 11.6 Å². The number of aliphatic carboxylic acids is 1. The number of hydrogen-bond donors (Lipinski definition) is 3. The second-order valence-electron chi connectivity index (χ2n) is 4.31. The second-order valence-corrected chi connectivity index (χ2v) is 4.72. The lowest BCUT2D eigenvalue weighted by Crippen LogP contribution is -2.44. The van der Waals surface area contributed by atoms with Gasteiger partial charge >= 0.3 is 12.0 Å². The van der Waals surface area contributed by atoms with Crippen molar-refractivity contribution in [3.05, 3.63) is 29.0 Å². The average molecular weight is 303 g/mol. The average Bonchev–Trinajstić information content (AvgIpc) is 2.82. The van der Waals surface area contributed by atoms with Crippen LogP contribution < -0.4 is 10.6 Å². The Morgan fingerprint density at radius 2 is 2.15 bits per heavy atom. The van der Waals surface area contributed by atoms with E-state index >= 15 is 0 Å². The van der Waals surface area contributed by atoms with Crippen molar-refractivity contribution < 1.29 is 23.8 Å². The zero-order valence-corrected chi connectivity index (χ0v) is 11.0. The van der Waals surface area contributed by atoms with Crippen molar-refractivity contribution in [2.24, 2.45) is 5.92 Å². The van der Waals surface area contributed by atoms with Crippen LogP contribution in [-0.4, -0.2) is 36.4 Å². The summed E-state index contributed by atoms with van der Waals surface area (Å²) in [6, 6.07) is 2.24. The van der Waals surface area contributed by atoms with E-state index in [2.05, 4.69) is 10.6 Å². The highest BCUT2D eigenvalue weighted by atomic mass is 35.5. The van der Waals surface area contributed by atoms with Crippen LogP contribution in [0.25, 0.3) is 0 Å². The van der Waals surface area contributed by atoms with Crippen molar-refractivity contribution >= 4 is 29.3 Å². The van der Waals surface area contributed by atoms with Gasteiger partial charge < -0.3 is 20.5 Å². The number of nitrogens with one attached hydrogen (secondary N) is 2. The van der Waals surface area contributed by atoms with Crippen molar-refractivity contribution in [2.75, 3.05) is 18.5 Å². The number of rotatable bonds is 3. The lowest BCUT2D eigenvalue weighted by atomic mass is 10.0. The molecule has 0 spiro atoms. The molecule has 6 nitrogen and oxygen atoms in total. The molecule has 0 saturated carbocycles. The zero-order valence-electron chi connectivity index (χ0n) is 10.2. The fraction of sp³-hybridized carbons (Fsp3) is 0.333.